The molecule has 0 aromatic carbocycles. The van der Waals surface area contributed by atoms with Gasteiger partial charge >= 0.3 is 5.97 Å². The van der Waals surface area contributed by atoms with Crippen molar-refractivity contribution in [3.05, 3.63) is 34.4 Å². The summed E-state index contributed by atoms with van der Waals surface area (Å²) in [5.41, 5.74) is 12.3. The molecular weight excluding hydrogens is 434 g/mol. The summed E-state index contributed by atoms with van der Waals surface area (Å²) in [6.45, 7) is 1.78. The van der Waals surface area contributed by atoms with Gasteiger partial charge in [0.25, 0.3) is 5.91 Å². The maximum Gasteiger partial charge on any atom is 0.352 e. The zero-order valence-corrected chi connectivity index (χ0v) is 17.6. The van der Waals surface area contributed by atoms with E-state index in [-0.39, 0.29) is 5.70 Å². The molecule has 4 heterocycles. The topological polar surface area (TPSA) is 152 Å². The van der Waals surface area contributed by atoms with E-state index in [1.165, 1.54) is 39.3 Å². The number of β-lactam (4-membered cyclic amide) rings is 1. The van der Waals surface area contributed by atoms with Crippen LogP contribution in [0.4, 0.5) is 5.13 Å². The summed E-state index contributed by atoms with van der Waals surface area (Å²) in [5.74, 6) is -1.68. The fraction of sp³-hybridized carbons (Fsp3) is 0.294. The van der Waals surface area contributed by atoms with E-state index in [1.54, 1.807) is 25.1 Å². The van der Waals surface area contributed by atoms with E-state index in [9.17, 15) is 19.5 Å². The van der Waals surface area contributed by atoms with Gasteiger partial charge in [0.2, 0.25) is 5.91 Å². The maximum atomic E-state index is 12.6. The Balaban J connectivity index is 1.49. The van der Waals surface area contributed by atoms with Crippen LogP contribution in [0.3, 0.4) is 0 Å². The molecule has 3 atom stereocenters. The summed E-state index contributed by atoms with van der Waals surface area (Å²) in [7, 11) is 0. The van der Waals surface area contributed by atoms with E-state index in [0.29, 0.717) is 26.2 Å². The van der Waals surface area contributed by atoms with Gasteiger partial charge in [0, 0.05) is 10.6 Å². The van der Waals surface area contributed by atoms with Crippen molar-refractivity contribution in [1.29, 1.82) is 0 Å². The molecule has 1 saturated heterocycles. The SMILES string of the molecule is C/C=C\C1=C(C(=O)O)N2C(=O)[C@@H](NC(=O)[C@H](N)c3cc4sc(N)nc4s3)[C@H]2SC1. The number of thiophene rings is 1. The van der Waals surface area contributed by atoms with Crippen LogP contribution in [0.1, 0.15) is 17.8 Å². The number of hydrogen-bond donors (Lipinski definition) is 4. The first kappa shape index (κ1) is 19.9. The number of nitrogens with one attached hydrogen (secondary N) is 1. The van der Waals surface area contributed by atoms with E-state index < -0.39 is 35.2 Å². The number of thioether (sulfide) groups is 1. The fourth-order valence-electron chi connectivity index (χ4n) is 3.27. The summed E-state index contributed by atoms with van der Waals surface area (Å²) in [4.78, 5) is 43.6. The number of fused-ring (bicyclic) bond motifs is 2. The standard InChI is InChI=1S/C17H17N5O4S3/c1-2-3-6-5-27-15-10(14(24)22(15)11(6)16(25)26)20-12(23)9(18)7-4-8-13(28-7)21-17(19)29-8/h2-4,9-10,15H,5,18H2,1H3,(H2,19,21)(H,20,23)(H,25,26)/b3-2-/t9-,10-,15-/m1/s1. The number of nitrogens with two attached hydrogens (primary N) is 2. The first-order valence-corrected chi connectivity index (χ1v) is 11.3. The average Bonchev–Trinajstić information content (AvgIpc) is 3.22. The zero-order chi connectivity index (χ0) is 20.9. The Labute approximate surface area is 177 Å². The number of allylic oxidation sites excluding steroid dienone is 2. The van der Waals surface area contributed by atoms with Crippen molar-refractivity contribution in [1.82, 2.24) is 15.2 Å². The Morgan fingerprint density at radius 2 is 2.21 bits per heavy atom. The molecule has 29 heavy (non-hydrogen) atoms. The van der Waals surface area contributed by atoms with Crippen LogP contribution in [0.2, 0.25) is 0 Å². The fourth-order valence-corrected chi connectivity index (χ4v) is 6.59. The molecule has 0 radical (unpaired) electrons. The molecule has 152 valence electrons. The molecule has 6 N–H and O–H groups in total. The Morgan fingerprint density at radius 1 is 1.45 bits per heavy atom. The van der Waals surface area contributed by atoms with Crippen LogP contribution in [0.25, 0.3) is 9.53 Å². The van der Waals surface area contributed by atoms with Gasteiger partial charge < -0.3 is 21.9 Å². The monoisotopic (exact) mass is 451 g/mol. The Bertz CT molecular complexity index is 1060. The quantitative estimate of drug-likeness (QED) is 0.496. The molecule has 0 aliphatic carbocycles. The summed E-state index contributed by atoms with van der Waals surface area (Å²) >= 11 is 4.00. The molecule has 9 nitrogen and oxygen atoms in total. The van der Waals surface area contributed by atoms with E-state index in [4.69, 9.17) is 11.5 Å². The number of anilines is 1. The number of carbonyl (C=O) groups is 3. The normalized spacial score (nSPS) is 22.7. The number of carboxylic acids is 1. The van der Waals surface area contributed by atoms with Crippen LogP contribution in [0.5, 0.6) is 0 Å². The van der Waals surface area contributed by atoms with Crippen molar-refractivity contribution in [2.24, 2.45) is 5.73 Å². The van der Waals surface area contributed by atoms with Crippen molar-refractivity contribution < 1.29 is 19.5 Å². The molecule has 1 fully saturated rings. The Hall–Kier alpha value is -2.41. The molecule has 2 amide bonds. The van der Waals surface area contributed by atoms with Gasteiger partial charge in [-0.2, -0.15) is 0 Å². The van der Waals surface area contributed by atoms with Gasteiger partial charge in [-0.05, 0) is 18.6 Å². The number of carboxylic acid groups (broad SMARTS) is 1. The smallest absolute Gasteiger partial charge is 0.352 e. The number of aliphatic carboxylic acids is 1. The lowest BCUT2D eigenvalue weighted by Crippen LogP contribution is -2.71. The van der Waals surface area contributed by atoms with Gasteiger partial charge in [0.05, 0.1) is 4.70 Å². The highest BCUT2D eigenvalue weighted by Crippen LogP contribution is 2.41. The molecule has 2 aliphatic rings. The average molecular weight is 452 g/mol. The molecule has 12 heteroatoms. The lowest BCUT2D eigenvalue weighted by molar-refractivity contribution is -0.150. The molecule has 2 aromatic rings. The highest BCUT2D eigenvalue weighted by molar-refractivity contribution is 8.00. The molecule has 0 bridgehead atoms. The van der Waals surface area contributed by atoms with Gasteiger partial charge in [0.15, 0.2) is 5.13 Å². The molecule has 2 aromatic heterocycles. The van der Waals surface area contributed by atoms with Gasteiger partial charge in [0.1, 0.15) is 28.0 Å². The van der Waals surface area contributed by atoms with Gasteiger partial charge in [-0.3, -0.25) is 14.5 Å². The third-order valence-corrected chi connectivity index (χ3v) is 7.95. The van der Waals surface area contributed by atoms with Crippen molar-refractivity contribution >= 4 is 66.9 Å². The van der Waals surface area contributed by atoms with Gasteiger partial charge in [-0.25, -0.2) is 9.78 Å². The summed E-state index contributed by atoms with van der Waals surface area (Å²) in [6, 6.07) is 0.0120. The first-order chi connectivity index (χ1) is 13.8. The second kappa shape index (κ2) is 7.44. The van der Waals surface area contributed by atoms with Crippen LogP contribution >= 0.6 is 34.4 Å². The number of rotatable bonds is 5. The number of aromatic nitrogens is 1. The second-order valence-electron chi connectivity index (χ2n) is 6.42. The minimum absolute atomic E-state index is 0.0335. The minimum Gasteiger partial charge on any atom is -0.477 e. The predicted octanol–water partition coefficient (Wildman–Crippen LogP) is 1.25. The van der Waals surface area contributed by atoms with Crippen molar-refractivity contribution in [3.63, 3.8) is 0 Å². The Morgan fingerprint density at radius 3 is 2.86 bits per heavy atom. The minimum atomic E-state index is -1.16. The third-order valence-electron chi connectivity index (χ3n) is 4.58. The molecule has 0 unspecified atom stereocenters. The highest BCUT2D eigenvalue weighted by atomic mass is 32.2. The summed E-state index contributed by atoms with van der Waals surface area (Å²) in [5, 5.41) is 12.2. The van der Waals surface area contributed by atoms with E-state index in [2.05, 4.69) is 10.3 Å². The third kappa shape index (κ3) is 3.31. The number of amides is 2. The number of nitrogen functional groups attached to an aromatic ring is 1. The Kier molecular flexibility index (Phi) is 5.11. The summed E-state index contributed by atoms with van der Waals surface area (Å²) in [6.07, 6.45) is 3.42. The number of hydrogen-bond acceptors (Lipinski definition) is 9. The number of carbonyl (C=O) groups excluding carboxylic acids is 2. The van der Waals surface area contributed by atoms with Crippen LogP contribution in [-0.2, 0) is 14.4 Å². The van der Waals surface area contributed by atoms with E-state index >= 15 is 0 Å². The second-order valence-corrected chi connectivity index (χ2v) is 9.65. The molecule has 0 saturated carbocycles. The van der Waals surface area contributed by atoms with Crippen LogP contribution in [0.15, 0.2) is 29.5 Å². The molecule has 0 spiro atoms. The van der Waals surface area contributed by atoms with Crippen molar-refractivity contribution in [2.45, 2.75) is 24.4 Å². The van der Waals surface area contributed by atoms with Gasteiger partial charge in [-0.1, -0.05) is 23.5 Å². The number of thiazole rings is 1. The maximum absolute atomic E-state index is 12.6. The first-order valence-electron chi connectivity index (χ1n) is 8.57. The molecule has 4 rings (SSSR count). The highest BCUT2D eigenvalue weighted by Gasteiger charge is 2.54. The molecular formula is C17H17N5O4S3. The summed E-state index contributed by atoms with van der Waals surface area (Å²) < 4.78 is 0.854. The van der Waals surface area contributed by atoms with Crippen molar-refractivity contribution in [2.75, 3.05) is 11.5 Å². The van der Waals surface area contributed by atoms with Crippen LogP contribution in [0, 0.1) is 0 Å². The lowest BCUT2D eigenvalue weighted by atomic mass is 10.0. The van der Waals surface area contributed by atoms with E-state index in [1.807, 2.05) is 0 Å². The zero-order valence-electron chi connectivity index (χ0n) is 15.1. The van der Waals surface area contributed by atoms with Gasteiger partial charge in [-0.15, -0.1) is 23.1 Å². The van der Waals surface area contributed by atoms with E-state index in [0.717, 1.165) is 4.70 Å². The lowest BCUT2D eigenvalue weighted by Gasteiger charge is -2.49. The molecule has 2 aliphatic heterocycles. The number of nitrogens with zero attached hydrogens (tertiary/aromatic N) is 2. The largest absolute Gasteiger partial charge is 0.477 e. The van der Waals surface area contributed by atoms with Crippen LogP contribution < -0.4 is 16.8 Å². The predicted molar refractivity (Wildman–Crippen MR) is 113 cm³/mol. The van der Waals surface area contributed by atoms with Crippen LogP contribution in [-0.4, -0.2) is 49.9 Å². The van der Waals surface area contributed by atoms with Crippen molar-refractivity contribution in [3.8, 4) is 0 Å².